The maximum absolute atomic E-state index is 10.8. The van der Waals surface area contributed by atoms with Crippen molar-refractivity contribution in [1.82, 2.24) is 15.3 Å². The number of aryl methyl sites for hydroxylation is 1. The molecule has 2 heterocycles. The molecule has 1 saturated heterocycles. The molecule has 0 radical (unpaired) electrons. The summed E-state index contributed by atoms with van der Waals surface area (Å²) in [5, 5.41) is 20.5. The molecule has 20 heavy (non-hydrogen) atoms. The summed E-state index contributed by atoms with van der Waals surface area (Å²) < 4.78 is 0. The Kier molecular flexibility index (Phi) is 3.74. The molecule has 0 saturated carbocycles. The number of hydrogen-bond acceptors (Lipinski definition) is 5. The highest BCUT2D eigenvalue weighted by Gasteiger charge is 2.32. The molecular formula is C13H17N5O2. The minimum atomic E-state index is -1.01. The van der Waals surface area contributed by atoms with Crippen molar-refractivity contribution < 1.29 is 9.90 Å². The van der Waals surface area contributed by atoms with Crippen LogP contribution in [0.4, 0.5) is 10.6 Å². The maximum Gasteiger partial charge on any atom is 0.405 e. The van der Waals surface area contributed by atoms with E-state index in [1.165, 1.54) is 0 Å². The lowest BCUT2D eigenvalue weighted by Crippen LogP contribution is -2.53. The molecular weight excluding hydrogens is 258 g/mol. The van der Waals surface area contributed by atoms with Crippen LogP contribution in [-0.2, 0) is 0 Å². The molecule has 7 heteroatoms. The van der Waals surface area contributed by atoms with Crippen LogP contribution in [0, 0.1) is 18.3 Å². The van der Waals surface area contributed by atoms with Crippen LogP contribution in [0.1, 0.15) is 31.2 Å². The summed E-state index contributed by atoms with van der Waals surface area (Å²) in [6.07, 6.45) is 1.97. The van der Waals surface area contributed by atoms with Crippen molar-refractivity contribution >= 4 is 11.9 Å². The Morgan fingerprint density at radius 3 is 2.75 bits per heavy atom. The molecule has 1 aliphatic rings. The molecule has 0 aromatic carbocycles. The van der Waals surface area contributed by atoms with Crippen molar-refractivity contribution in [3.05, 3.63) is 17.6 Å². The highest BCUT2D eigenvalue weighted by molar-refractivity contribution is 5.65. The van der Waals surface area contributed by atoms with Gasteiger partial charge in [-0.05, 0) is 26.7 Å². The lowest BCUT2D eigenvalue weighted by atomic mass is 9.90. The number of nitrogens with one attached hydrogen (secondary N) is 1. The number of nitriles is 1. The van der Waals surface area contributed by atoms with E-state index in [-0.39, 0.29) is 0 Å². The van der Waals surface area contributed by atoms with E-state index in [0.29, 0.717) is 43.1 Å². The third-order valence-corrected chi connectivity index (χ3v) is 3.55. The second-order valence-electron chi connectivity index (χ2n) is 5.27. The second-order valence-corrected chi connectivity index (χ2v) is 5.27. The number of carbonyl (C=O) groups is 1. The highest BCUT2D eigenvalue weighted by atomic mass is 16.4. The molecule has 1 fully saturated rings. The van der Waals surface area contributed by atoms with Gasteiger partial charge in [-0.1, -0.05) is 0 Å². The number of nitrogens with zero attached hydrogens (tertiary/aromatic N) is 4. The molecule has 0 atom stereocenters. The smallest absolute Gasteiger partial charge is 0.405 e. The summed E-state index contributed by atoms with van der Waals surface area (Å²) in [6, 6.07) is 2.06. The zero-order valence-electron chi connectivity index (χ0n) is 11.6. The second kappa shape index (κ2) is 5.33. The topological polar surface area (TPSA) is 102 Å². The molecule has 1 aromatic rings. The highest BCUT2D eigenvalue weighted by Crippen LogP contribution is 2.26. The van der Waals surface area contributed by atoms with Crippen molar-refractivity contribution in [2.24, 2.45) is 0 Å². The summed E-state index contributed by atoms with van der Waals surface area (Å²) in [5.41, 5.74) is 0.604. The largest absolute Gasteiger partial charge is 0.465 e. The van der Waals surface area contributed by atoms with Gasteiger partial charge in [0, 0.05) is 18.6 Å². The van der Waals surface area contributed by atoms with Gasteiger partial charge in [-0.3, -0.25) is 0 Å². The molecule has 106 valence electrons. The van der Waals surface area contributed by atoms with Gasteiger partial charge in [-0.15, -0.1) is 0 Å². The van der Waals surface area contributed by atoms with Gasteiger partial charge in [-0.25, -0.2) is 14.8 Å². The third-order valence-electron chi connectivity index (χ3n) is 3.55. The van der Waals surface area contributed by atoms with E-state index in [1.807, 2.05) is 11.8 Å². The summed E-state index contributed by atoms with van der Waals surface area (Å²) >= 11 is 0. The molecule has 0 aliphatic carbocycles. The first-order chi connectivity index (χ1) is 9.43. The standard InChI is InChI=1S/C13H17N5O2/c1-9-8-15-11(10(7-14)16-9)18-5-3-13(2,4-6-18)17-12(19)20/h8,17H,3-6H2,1-2H3,(H,19,20). The Morgan fingerprint density at radius 1 is 1.55 bits per heavy atom. The van der Waals surface area contributed by atoms with Crippen LogP contribution in [0.2, 0.25) is 0 Å². The lowest BCUT2D eigenvalue weighted by Gasteiger charge is -2.39. The fourth-order valence-corrected chi connectivity index (χ4v) is 2.37. The Morgan fingerprint density at radius 2 is 2.20 bits per heavy atom. The van der Waals surface area contributed by atoms with Gasteiger partial charge >= 0.3 is 6.09 Å². The van der Waals surface area contributed by atoms with Crippen molar-refractivity contribution in [2.75, 3.05) is 18.0 Å². The van der Waals surface area contributed by atoms with Crippen LogP contribution < -0.4 is 10.2 Å². The van der Waals surface area contributed by atoms with E-state index in [4.69, 9.17) is 10.4 Å². The van der Waals surface area contributed by atoms with Crippen LogP contribution in [-0.4, -0.2) is 39.8 Å². The van der Waals surface area contributed by atoms with Crippen molar-refractivity contribution in [3.63, 3.8) is 0 Å². The van der Waals surface area contributed by atoms with Crippen molar-refractivity contribution in [3.8, 4) is 6.07 Å². The molecule has 1 aliphatic heterocycles. The van der Waals surface area contributed by atoms with E-state index in [1.54, 1.807) is 13.1 Å². The Balaban J connectivity index is 2.12. The molecule has 2 N–H and O–H groups in total. The number of aromatic nitrogens is 2. The minimum Gasteiger partial charge on any atom is -0.465 e. The molecule has 0 unspecified atom stereocenters. The maximum atomic E-state index is 10.8. The zero-order valence-corrected chi connectivity index (χ0v) is 11.6. The Bertz CT molecular complexity index is 558. The number of amides is 1. The molecule has 0 spiro atoms. The van der Waals surface area contributed by atoms with Gasteiger partial charge in [0.05, 0.1) is 11.9 Å². The molecule has 0 bridgehead atoms. The quantitative estimate of drug-likeness (QED) is 0.843. The fraction of sp³-hybridized carbons (Fsp3) is 0.538. The normalized spacial score (nSPS) is 17.4. The van der Waals surface area contributed by atoms with Gasteiger partial charge in [0.1, 0.15) is 6.07 Å². The van der Waals surface area contributed by atoms with Crippen LogP contribution in [0.5, 0.6) is 0 Å². The van der Waals surface area contributed by atoms with E-state index in [0.717, 1.165) is 0 Å². The third kappa shape index (κ3) is 2.96. The first kappa shape index (κ1) is 14.1. The first-order valence-corrected chi connectivity index (χ1v) is 6.43. The van der Waals surface area contributed by atoms with E-state index in [9.17, 15) is 4.79 Å². The molecule has 7 nitrogen and oxygen atoms in total. The number of piperidine rings is 1. The van der Waals surface area contributed by atoms with Crippen LogP contribution >= 0.6 is 0 Å². The fourth-order valence-electron chi connectivity index (χ4n) is 2.37. The Labute approximate surface area is 117 Å². The number of rotatable bonds is 2. The van der Waals surface area contributed by atoms with Gasteiger partial charge < -0.3 is 15.3 Å². The minimum absolute atomic E-state index is 0.319. The van der Waals surface area contributed by atoms with Crippen molar-refractivity contribution in [1.29, 1.82) is 5.26 Å². The Hall–Kier alpha value is -2.36. The number of carboxylic acid groups (broad SMARTS) is 1. The predicted octanol–water partition coefficient (Wildman–Crippen LogP) is 1.28. The number of anilines is 1. The molecule has 2 rings (SSSR count). The van der Waals surface area contributed by atoms with Gasteiger partial charge in [0.2, 0.25) is 0 Å². The van der Waals surface area contributed by atoms with Crippen LogP contribution in [0.3, 0.4) is 0 Å². The van der Waals surface area contributed by atoms with Gasteiger partial charge in [-0.2, -0.15) is 5.26 Å². The van der Waals surface area contributed by atoms with E-state index in [2.05, 4.69) is 21.4 Å². The first-order valence-electron chi connectivity index (χ1n) is 6.43. The molecule has 1 amide bonds. The monoisotopic (exact) mass is 275 g/mol. The average Bonchev–Trinajstić information content (AvgIpc) is 2.38. The van der Waals surface area contributed by atoms with Crippen LogP contribution in [0.25, 0.3) is 0 Å². The summed E-state index contributed by atoms with van der Waals surface area (Å²) in [7, 11) is 0. The average molecular weight is 275 g/mol. The van der Waals surface area contributed by atoms with Crippen molar-refractivity contribution in [2.45, 2.75) is 32.2 Å². The summed E-state index contributed by atoms with van der Waals surface area (Å²) in [4.78, 5) is 21.2. The van der Waals surface area contributed by atoms with Crippen LogP contribution in [0.15, 0.2) is 6.20 Å². The number of hydrogen-bond donors (Lipinski definition) is 2. The van der Waals surface area contributed by atoms with E-state index >= 15 is 0 Å². The predicted molar refractivity (Wildman–Crippen MR) is 72.5 cm³/mol. The van der Waals surface area contributed by atoms with Gasteiger partial charge in [0.25, 0.3) is 0 Å². The zero-order chi connectivity index (χ0) is 14.8. The summed E-state index contributed by atoms with van der Waals surface area (Å²) in [6.45, 7) is 4.97. The van der Waals surface area contributed by atoms with E-state index < -0.39 is 11.6 Å². The SMILES string of the molecule is Cc1cnc(N2CCC(C)(NC(=O)O)CC2)c(C#N)n1. The molecule has 1 aromatic heterocycles. The van der Waals surface area contributed by atoms with Gasteiger partial charge in [0.15, 0.2) is 11.5 Å². The lowest BCUT2D eigenvalue weighted by molar-refractivity contribution is 0.173. The summed E-state index contributed by atoms with van der Waals surface area (Å²) in [5.74, 6) is 0.579.